The normalized spacial score (nSPS) is 10.0. The standard InChI is InChI=1S/C12H13N3O2S2/c1-13-11(16)10-8(15-12(17)14-2)5-9(19-10)7-3-4-18-6-7/h3-6H,1-2H3,(H,13,16)(H2,14,15,17). The number of anilines is 1. The first-order chi connectivity index (χ1) is 9.15. The summed E-state index contributed by atoms with van der Waals surface area (Å²) in [6, 6.07) is 3.44. The SMILES string of the molecule is CNC(=O)Nc1cc(-c2ccsc2)sc1C(=O)NC. The number of hydrogen-bond donors (Lipinski definition) is 3. The summed E-state index contributed by atoms with van der Waals surface area (Å²) in [6.45, 7) is 0. The Labute approximate surface area is 118 Å². The summed E-state index contributed by atoms with van der Waals surface area (Å²) in [7, 11) is 3.09. The monoisotopic (exact) mass is 295 g/mol. The molecule has 3 amide bonds. The third kappa shape index (κ3) is 2.94. The van der Waals surface area contributed by atoms with Crippen molar-refractivity contribution >= 4 is 40.3 Å². The van der Waals surface area contributed by atoms with Crippen LogP contribution in [0.25, 0.3) is 10.4 Å². The molecule has 5 nitrogen and oxygen atoms in total. The quantitative estimate of drug-likeness (QED) is 0.814. The highest BCUT2D eigenvalue weighted by Gasteiger charge is 2.17. The minimum atomic E-state index is -0.347. The molecule has 0 fully saturated rings. The Kier molecular flexibility index (Phi) is 4.18. The van der Waals surface area contributed by atoms with E-state index in [9.17, 15) is 9.59 Å². The van der Waals surface area contributed by atoms with Gasteiger partial charge in [0.05, 0.1) is 5.69 Å². The second kappa shape index (κ2) is 5.85. The van der Waals surface area contributed by atoms with E-state index in [-0.39, 0.29) is 11.9 Å². The van der Waals surface area contributed by atoms with Gasteiger partial charge in [0.1, 0.15) is 4.88 Å². The lowest BCUT2D eigenvalue weighted by Crippen LogP contribution is -2.26. The van der Waals surface area contributed by atoms with Crippen LogP contribution in [0.3, 0.4) is 0 Å². The molecule has 0 aromatic carbocycles. The first-order valence-corrected chi connectivity index (χ1v) is 7.29. The molecule has 0 unspecified atom stereocenters. The van der Waals surface area contributed by atoms with Crippen molar-refractivity contribution < 1.29 is 9.59 Å². The Balaban J connectivity index is 2.39. The topological polar surface area (TPSA) is 70.2 Å². The predicted octanol–water partition coefficient (Wildman–Crippen LogP) is 2.59. The Morgan fingerprint density at radius 1 is 1.21 bits per heavy atom. The summed E-state index contributed by atoms with van der Waals surface area (Å²) < 4.78 is 0. The summed E-state index contributed by atoms with van der Waals surface area (Å²) in [4.78, 5) is 24.7. The molecule has 3 N–H and O–H groups in total. The van der Waals surface area contributed by atoms with Crippen LogP contribution in [0.15, 0.2) is 22.9 Å². The number of thiophene rings is 2. The van der Waals surface area contributed by atoms with Gasteiger partial charge in [-0.3, -0.25) is 4.79 Å². The van der Waals surface area contributed by atoms with E-state index < -0.39 is 0 Å². The third-order valence-corrected chi connectivity index (χ3v) is 4.31. The van der Waals surface area contributed by atoms with Crippen molar-refractivity contribution in [3.63, 3.8) is 0 Å². The molecule has 19 heavy (non-hydrogen) atoms. The second-order valence-corrected chi connectivity index (χ2v) is 5.48. The van der Waals surface area contributed by atoms with Crippen molar-refractivity contribution in [2.24, 2.45) is 0 Å². The average Bonchev–Trinajstić information content (AvgIpc) is 3.06. The molecule has 2 aromatic rings. The minimum absolute atomic E-state index is 0.210. The molecule has 0 bridgehead atoms. The fraction of sp³-hybridized carbons (Fsp3) is 0.167. The van der Waals surface area contributed by atoms with Gasteiger partial charge in [0.2, 0.25) is 0 Å². The van der Waals surface area contributed by atoms with E-state index in [1.165, 1.54) is 18.4 Å². The maximum absolute atomic E-state index is 11.8. The molecule has 2 heterocycles. The average molecular weight is 295 g/mol. The maximum Gasteiger partial charge on any atom is 0.319 e. The number of urea groups is 1. The summed E-state index contributed by atoms with van der Waals surface area (Å²) in [6.07, 6.45) is 0. The Hall–Kier alpha value is -1.86. The van der Waals surface area contributed by atoms with Gasteiger partial charge >= 0.3 is 6.03 Å². The number of amides is 3. The molecule has 0 aliphatic heterocycles. The van der Waals surface area contributed by atoms with Crippen molar-refractivity contribution in [1.29, 1.82) is 0 Å². The Morgan fingerprint density at radius 3 is 2.58 bits per heavy atom. The van der Waals surface area contributed by atoms with Crippen molar-refractivity contribution in [2.75, 3.05) is 19.4 Å². The molecule has 0 spiro atoms. The number of rotatable bonds is 3. The van der Waals surface area contributed by atoms with Crippen LogP contribution < -0.4 is 16.0 Å². The molecule has 7 heteroatoms. The molecular formula is C12H13N3O2S2. The molecule has 100 valence electrons. The smallest absolute Gasteiger partial charge is 0.319 e. The zero-order chi connectivity index (χ0) is 13.8. The van der Waals surface area contributed by atoms with Crippen molar-refractivity contribution in [1.82, 2.24) is 10.6 Å². The van der Waals surface area contributed by atoms with Crippen LogP contribution >= 0.6 is 22.7 Å². The molecule has 0 aliphatic carbocycles. The van der Waals surface area contributed by atoms with E-state index in [2.05, 4.69) is 16.0 Å². The number of carbonyl (C=O) groups is 2. The summed E-state index contributed by atoms with van der Waals surface area (Å²) in [5, 5.41) is 11.7. The number of hydrogen-bond acceptors (Lipinski definition) is 4. The van der Waals surface area contributed by atoms with Gasteiger partial charge in [0.25, 0.3) is 5.91 Å². The lowest BCUT2D eigenvalue weighted by atomic mass is 10.2. The Morgan fingerprint density at radius 2 is 2.00 bits per heavy atom. The summed E-state index contributed by atoms with van der Waals surface area (Å²) in [5.74, 6) is -0.210. The summed E-state index contributed by atoms with van der Waals surface area (Å²) >= 11 is 2.94. The van der Waals surface area contributed by atoms with Gasteiger partial charge in [0, 0.05) is 24.5 Å². The van der Waals surface area contributed by atoms with Crippen LogP contribution in [0.4, 0.5) is 10.5 Å². The lowest BCUT2D eigenvalue weighted by molar-refractivity contribution is 0.0968. The van der Waals surface area contributed by atoms with E-state index >= 15 is 0 Å². The highest BCUT2D eigenvalue weighted by atomic mass is 32.1. The van der Waals surface area contributed by atoms with E-state index in [1.54, 1.807) is 18.4 Å². The zero-order valence-electron chi connectivity index (χ0n) is 10.4. The summed E-state index contributed by atoms with van der Waals surface area (Å²) in [5.41, 5.74) is 1.56. The number of carbonyl (C=O) groups excluding carboxylic acids is 2. The third-order valence-electron chi connectivity index (χ3n) is 2.45. The molecule has 2 aromatic heterocycles. The molecule has 0 saturated heterocycles. The van der Waals surface area contributed by atoms with E-state index in [1.807, 2.05) is 22.9 Å². The minimum Gasteiger partial charge on any atom is -0.354 e. The van der Waals surface area contributed by atoms with Crippen LogP contribution in [-0.2, 0) is 0 Å². The first-order valence-electron chi connectivity index (χ1n) is 5.53. The zero-order valence-corrected chi connectivity index (χ0v) is 12.1. The van der Waals surface area contributed by atoms with Gasteiger partial charge in [0.15, 0.2) is 0 Å². The van der Waals surface area contributed by atoms with E-state index in [4.69, 9.17) is 0 Å². The van der Waals surface area contributed by atoms with Gasteiger partial charge in [-0.05, 0) is 22.9 Å². The highest BCUT2D eigenvalue weighted by molar-refractivity contribution is 7.18. The van der Waals surface area contributed by atoms with E-state index in [0.717, 1.165) is 10.4 Å². The fourth-order valence-corrected chi connectivity index (χ4v) is 3.28. The maximum atomic E-state index is 11.8. The van der Waals surface area contributed by atoms with Crippen LogP contribution in [-0.4, -0.2) is 26.0 Å². The van der Waals surface area contributed by atoms with Crippen LogP contribution in [0.2, 0.25) is 0 Å². The molecular weight excluding hydrogens is 282 g/mol. The molecule has 0 aliphatic rings. The van der Waals surface area contributed by atoms with Crippen molar-refractivity contribution in [2.45, 2.75) is 0 Å². The second-order valence-electron chi connectivity index (χ2n) is 3.65. The van der Waals surface area contributed by atoms with Gasteiger partial charge in [-0.15, -0.1) is 11.3 Å². The van der Waals surface area contributed by atoms with Crippen molar-refractivity contribution in [3.8, 4) is 10.4 Å². The van der Waals surface area contributed by atoms with Gasteiger partial charge < -0.3 is 16.0 Å². The molecule has 2 rings (SSSR count). The van der Waals surface area contributed by atoms with Crippen LogP contribution in [0.5, 0.6) is 0 Å². The largest absolute Gasteiger partial charge is 0.354 e. The fourth-order valence-electron chi connectivity index (χ4n) is 1.50. The molecule has 0 atom stereocenters. The predicted molar refractivity (Wildman–Crippen MR) is 79.1 cm³/mol. The molecule has 0 saturated carbocycles. The lowest BCUT2D eigenvalue weighted by Gasteiger charge is -2.04. The van der Waals surface area contributed by atoms with Crippen LogP contribution in [0.1, 0.15) is 9.67 Å². The van der Waals surface area contributed by atoms with Gasteiger partial charge in [-0.1, -0.05) is 0 Å². The molecule has 0 radical (unpaired) electrons. The van der Waals surface area contributed by atoms with Crippen molar-refractivity contribution in [3.05, 3.63) is 27.8 Å². The van der Waals surface area contributed by atoms with E-state index in [0.29, 0.717) is 10.6 Å². The van der Waals surface area contributed by atoms with Gasteiger partial charge in [-0.25, -0.2) is 4.79 Å². The van der Waals surface area contributed by atoms with Gasteiger partial charge in [-0.2, -0.15) is 11.3 Å². The highest BCUT2D eigenvalue weighted by Crippen LogP contribution is 2.35. The Bertz CT molecular complexity index is 590. The first kappa shape index (κ1) is 13.6. The number of nitrogens with one attached hydrogen (secondary N) is 3. The van der Waals surface area contributed by atoms with Crippen LogP contribution in [0, 0.1) is 0 Å².